The number of methoxy groups -OCH3 is 1. The van der Waals surface area contributed by atoms with E-state index in [2.05, 4.69) is 46.1 Å². The van der Waals surface area contributed by atoms with Crippen molar-refractivity contribution in [2.45, 2.75) is 13.8 Å². The van der Waals surface area contributed by atoms with Crippen LogP contribution in [0.1, 0.15) is 24.3 Å². The number of carbonyl (C=O) groups is 1. The topological polar surface area (TPSA) is 135 Å². The van der Waals surface area contributed by atoms with Crippen LogP contribution in [0, 0.1) is 0 Å². The molecule has 5 rings (SSSR count). The first-order valence-corrected chi connectivity index (χ1v) is 11.4. The Morgan fingerprint density at radius 3 is 2.49 bits per heavy atom. The van der Waals surface area contributed by atoms with Crippen LogP contribution in [0.4, 0.5) is 28.7 Å². The SMILES string of the molecule is C.CNC(=O)c1nnc(Nc2ccc(N3CCC3)cn2)cc1Nc1cccc(-c2ncn(C)n2)c1OC. The van der Waals surface area contributed by atoms with Crippen molar-refractivity contribution in [1.82, 2.24) is 35.3 Å². The minimum Gasteiger partial charge on any atom is -0.494 e. The third-order valence-electron chi connectivity index (χ3n) is 5.79. The summed E-state index contributed by atoms with van der Waals surface area (Å²) >= 11 is 0. The van der Waals surface area contributed by atoms with Crippen LogP contribution >= 0.6 is 0 Å². The molecule has 4 aromatic rings. The number of nitrogens with one attached hydrogen (secondary N) is 3. The minimum atomic E-state index is -0.380. The summed E-state index contributed by atoms with van der Waals surface area (Å²) in [6.45, 7) is 2.11. The van der Waals surface area contributed by atoms with Gasteiger partial charge in [0.2, 0.25) is 0 Å². The van der Waals surface area contributed by atoms with Crippen LogP contribution in [0.2, 0.25) is 0 Å². The van der Waals surface area contributed by atoms with Gasteiger partial charge in [0.15, 0.2) is 23.1 Å². The smallest absolute Gasteiger partial charge is 0.273 e. The zero-order valence-corrected chi connectivity index (χ0v) is 20.2. The summed E-state index contributed by atoms with van der Waals surface area (Å²) in [5.74, 6) is 1.72. The van der Waals surface area contributed by atoms with E-state index in [1.54, 1.807) is 31.2 Å². The van der Waals surface area contributed by atoms with Gasteiger partial charge in [-0.05, 0) is 30.7 Å². The summed E-state index contributed by atoms with van der Waals surface area (Å²) in [7, 11) is 4.91. The zero-order valence-electron chi connectivity index (χ0n) is 20.2. The van der Waals surface area contributed by atoms with Gasteiger partial charge in [-0.15, -0.1) is 10.2 Å². The Kier molecular flexibility index (Phi) is 7.47. The number of benzene rings is 1. The van der Waals surface area contributed by atoms with E-state index in [-0.39, 0.29) is 19.0 Å². The second-order valence-corrected chi connectivity index (χ2v) is 8.19. The third-order valence-corrected chi connectivity index (χ3v) is 5.79. The lowest BCUT2D eigenvalue weighted by Gasteiger charge is -2.32. The van der Waals surface area contributed by atoms with Gasteiger partial charge in [0.1, 0.15) is 12.1 Å². The van der Waals surface area contributed by atoms with Crippen molar-refractivity contribution < 1.29 is 9.53 Å². The molecule has 1 fully saturated rings. The van der Waals surface area contributed by atoms with Crippen molar-refractivity contribution in [3.63, 3.8) is 0 Å². The number of pyridine rings is 1. The van der Waals surface area contributed by atoms with Gasteiger partial charge in [0.25, 0.3) is 5.91 Å². The number of nitrogens with zero attached hydrogens (tertiary/aromatic N) is 7. The maximum absolute atomic E-state index is 12.5. The van der Waals surface area contributed by atoms with Gasteiger partial charge in [-0.3, -0.25) is 9.48 Å². The molecule has 12 nitrogen and oxygen atoms in total. The van der Waals surface area contributed by atoms with Crippen LogP contribution in [-0.2, 0) is 7.05 Å². The molecule has 0 spiro atoms. The van der Waals surface area contributed by atoms with E-state index in [4.69, 9.17) is 4.74 Å². The van der Waals surface area contributed by atoms with Gasteiger partial charge in [-0.2, -0.15) is 5.10 Å². The van der Waals surface area contributed by atoms with Crippen molar-refractivity contribution in [2.24, 2.45) is 7.05 Å². The molecule has 1 amide bonds. The molecule has 0 atom stereocenters. The van der Waals surface area contributed by atoms with Crippen LogP contribution in [0.3, 0.4) is 0 Å². The molecule has 1 saturated heterocycles. The number of ether oxygens (including phenoxy) is 1. The van der Waals surface area contributed by atoms with Crippen molar-refractivity contribution in [1.29, 1.82) is 0 Å². The van der Waals surface area contributed by atoms with Crippen molar-refractivity contribution >= 4 is 34.6 Å². The first-order chi connectivity index (χ1) is 17.6. The van der Waals surface area contributed by atoms with Gasteiger partial charge in [0.05, 0.1) is 35.9 Å². The maximum atomic E-state index is 12.5. The van der Waals surface area contributed by atoms with E-state index in [0.717, 1.165) is 18.8 Å². The Hall–Kier alpha value is -4.74. The molecule has 0 bridgehead atoms. The van der Waals surface area contributed by atoms with Gasteiger partial charge < -0.3 is 25.6 Å². The Morgan fingerprint density at radius 1 is 1.03 bits per heavy atom. The van der Waals surface area contributed by atoms with Crippen LogP contribution in [-0.4, -0.2) is 63.1 Å². The number of anilines is 5. The van der Waals surface area contributed by atoms with E-state index in [1.807, 2.05) is 36.5 Å². The standard InChI is InChI=1S/C24H26N10O2.CH4/c1-25-24(35)21-18(28-17-7-4-6-16(22(17)36-3)23-27-14-33(2)32-23)12-20(30-31-21)29-19-9-8-15(13-26-19)34-10-5-11-34;/h4,6-9,12-14H,5,10-11H2,1-3H3,(H,25,35)(H2,26,28,29,30);1H4. The number of rotatable bonds is 8. The van der Waals surface area contributed by atoms with Crippen LogP contribution in [0.15, 0.2) is 48.9 Å². The van der Waals surface area contributed by atoms with Gasteiger partial charge in [-0.25, -0.2) is 9.97 Å². The normalized spacial score (nSPS) is 12.2. The van der Waals surface area contributed by atoms with Gasteiger partial charge in [-0.1, -0.05) is 13.5 Å². The summed E-state index contributed by atoms with van der Waals surface area (Å²) in [5, 5.41) is 21.7. The lowest BCUT2D eigenvalue weighted by atomic mass is 10.1. The molecule has 3 aromatic heterocycles. The summed E-state index contributed by atoms with van der Waals surface area (Å²) < 4.78 is 7.31. The second-order valence-electron chi connectivity index (χ2n) is 8.19. The monoisotopic (exact) mass is 502 g/mol. The molecule has 0 aliphatic carbocycles. The number of aryl methyl sites for hydroxylation is 1. The van der Waals surface area contributed by atoms with E-state index < -0.39 is 0 Å². The van der Waals surface area contributed by atoms with Crippen LogP contribution in [0.25, 0.3) is 11.4 Å². The fraction of sp³-hybridized carbons (Fsp3) is 0.280. The molecule has 0 unspecified atom stereocenters. The Labute approximate surface area is 215 Å². The highest BCUT2D eigenvalue weighted by Crippen LogP contribution is 2.37. The number of aromatic nitrogens is 6. The largest absolute Gasteiger partial charge is 0.494 e. The third kappa shape index (κ3) is 5.27. The number of amides is 1. The highest BCUT2D eigenvalue weighted by atomic mass is 16.5. The van der Waals surface area contributed by atoms with E-state index in [9.17, 15) is 4.79 Å². The number of para-hydroxylation sites is 1. The van der Waals surface area contributed by atoms with Crippen molar-refractivity contribution in [2.75, 3.05) is 42.8 Å². The molecule has 1 aliphatic heterocycles. The van der Waals surface area contributed by atoms with E-state index in [0.29, 0.717) is 40.1 Å². The molecule has 0 saturated carbocycles. The highest BCUT2D eigenvalue weighted by molar-refractivity contribution is 5.99. The second kappa shape index (κ2) is 10.9. The van der Waals surface area contributed by atoms with Gasteiger partial charge >= 0.3 is 0 Å². The summed E-state index contributed by atoms with van der Waals surface area (Å²) in [4.78, 5) is 23.6. The first kappa shape index (κ1) is 25.4. The van der Waals surface area contributed by atoms with Gasteiger partial charge in [0, 0.05) is 33.3 Å². The van der Waals surface area contributed by atoms with Crippen molar-refractivity contribution in [3.8, 4) is 17.1 Å². The quantitative estimate of drug-likeness (QED) is 0.329. The Balaban J connectivity index is 0.00000320. The Bertz CT molecular complexity index is 1380. The molecule has 37 heavy (non-hydrogen) atoms. The average molecular weight is 503 g/mol. The molecule has 4 heterocycles. The summed E-state index contributed by atoms with van der Waals surface area (Å²) in [6, 6.07) is 11.2. The molecular formula is C25H30N10O2. The van der Waals surface area contributed by atoms with Crippen molar-refractivity contribution in [3.05, 3.63) is 54.6 Å². The van der Waals surface area contributed by atoms with Crippen LogP contribution in [0.5, 0.6) is 5.75 Å². The molecule has 0 radical (unpaired) electrons. The average Bonchev–Trinajstić information content (AvgIpc) is 3.30. The van der Waals surface area contributed by atoms with E-state index in [1.165, 1.54) is 13.5 Å². The molecule has 1 aromatic carbocycles. The first-order valence-electron chi connectivity index (χ1n) is 11.4. The lowest BCUT2D eigenvalue weighted by molar-refractivity contribution is 0.0958. The molecular weight excluding hydrogens is 472 g/mol. The molecule has 1 aliphatic rings. The maximum Gasteiger partial charge on any atom is 0.273 e. The fourth-order valence-electron chi connectivity index (χ4n) is 3.83. The molecule has 12 heteroatoms. The number of hydrogen-bond acceptors (Lipinski definition) is 10. The summed E-state index contributed by atoms with van der Waals surface area (Å²) in [5.41, 5.74) is 2.98. The van der Waals surface area contributed by atoms with Crippen LogP contribution < -0.4 is 25.6 Å². The van der Waals surface area contributed by atoms with E-state index >= 15 is 0 Å². The number of hydrogen-bond donors (Lipinski definition) is 3. The predicted octanol–water partition coefficient (Wildman–Crippen LogP) is 3.37. The Morgan fingerprint density at radius 2 is 1.86 bits per heavy atom. The fourth-order valence-corrected chi connectivity index (χ4v) is 3.83. The summed E-state index contributed by atoms with van der Waals surface area (Å²) in [6.07, 6.45) is 4.65. The predicted molar refractivity (Wildman–Crippen MR) is 143 cm³/mol. The molecule has 3 N–H and O–H groups in total. The zero-order chi connectivity index (χ0) is 25.1. The number of carbonyl (C=O) groups excluding carboxylic acids is 1. The highest BCUT2D eigenvalue weighted by Gasteiger charge is 2.19. The minimum absolute atomic E-state index is 0. The molecule has 192 valence electrons. The lowest BCUT2D eigenvalue weighted by Crippen LogP contribution is -2.36.